The zero-order chi connectivity index (χ0) is 13.1. The Bertz CT molecular complexity index is 377. The fraction of sp³-hybridized carbons (Fsp3) is 0.455. The first-order chi connectivity index (χ1) is 7.76. The molecule has 0 aliphatic carbocycles. The molecule has 0 spiro atoms. The molecule has 1 rings (SSSR count). The Hall–Kier alpha value is -1.27. The number of ether oxygens (including phenoxy) is 2. The van der Waals surface area contributed by atoms with Gasteiger partial charge in [-0.2, -0.15) is 0 Å². The van der Waals surface area contributed by atoms with Crippen LogP contribution in [0.4, 0.5) is 13.2 Å². The second kappa shape index (κ2) is 4.93. The minimum Gasteiger partial charge on any atom is -0.405 e. The molecule has 3 nitrogen and oxygen atoms in total. The predicted octanol–water partition coefficient (Wildman–Crippen LogP) is 2.41. The van der Waals surface area contributed by atoms with E-state index in [9.17, 15) is 13.2 Å². The molecule has 0 aliphatic rings. The van der Waals surface area contributed by atoms with E-state index in [1.165, 1.54) is 25.3 Å². The highest BCUT2D eigenvalue weighted by Crippen LogP contribution is 2.32. The van der Waals surface area contributed by atoms with E-state index in [1.807, 2.05) is 0 Å². The van der Waals surface area contributed by atoms with Crippen LogP contribution in [0.5, 0.6) is 5.75 Å². The van der Waals surface area contributed by atoms with Gasteiger partial charge in [-0.05, 0) is 13.0 Å². The summed E-state index contributed by atoms with van der Waals surface area (Å²) in [7, 11) is 1.43. The SMILES string of the molecule is COCC(C)(N)c1ccccc1OC(F)(F)F. The molecule has 0 aliphatic heterocycles. The van der Waals surface area contributed by atoms with Crippen LogP contribution in [0.15, 0.2) is 24.3 Å². The van der Waals surface area contributed by atoms with Gasteiger partial charge in [0, 0.05) is 12.7 Å². The average Bonchev–Trinajstić information content (AvgIpc) is 2.15. The van der Waals surface area contributed by atoms with Crippen LogP contribution in [-0.2, 0) is 10.3 Å². The number of alkyl halides is 3. The highest BCUT2D eigenvalue weighted by molar-refractivity contribution is 5.38. The van der Waals surface area contributed by atoms with Gasteiger partial charge in [0.15, 0.2) is 0 Å². The summed E-state index contributed by atoms with van der Waals surface area (Å²) < 4.78 is 45.4. The number of hydrogen-bond acceptors (Lipinski definition) is 3. The second-order valence-corrected chi connectivity index (χ2v) is 3.89. The molecule has 2 N–H and O–H groups in total. The number of benzene rings is 1. The third-order valence-electron chi connectivity index (χ3n) is 2.17. The summed E-state index contributed by atoms with van der Waals surface area (Å²) in [6, 6.07) is 5.76. The van der Waals surface area contributed by atoms with Crippen molar-refractivity contribution in [2.75, 3.05) is 13.7 Å². The van der Waals surface area contributed by atoms with Crippen LogP contribution in [0.3, 0.4) is 0 Å². The summed E-state index contributed by atoms with van der Waals surface area (Å²) in [5, 5.41) is 0. The summed E-state index contributed by atoms with van der Waals surface area (Å²) in [5.74, 6) is -0.304. The molecule has 0 radical (unpaired) electrons. The zero-order valence-electron chi connectivity index (χ0n) is 9.54. The van der Waals surface area contributed by atoms with Crippen LogP contribution in [0.25, 0.3) is 0 Å². The molecular weight excluding hydrogens is 235 g/mol. The Morgan fingerprint density at radius 1 is 1.24 bits per heavy atom. The number of para-hydroxylation sites is 1. The van der Waals surface area contributed by atoms with E-state index < -0.39 is 11.9 Å². The lowest BCUT2D eigenvalue weighted by molar-refractivity contribution is -0.275. The first-order valence-electron chi connectivity index (χ1n) is 4.89. The van der Waals surface area contributed by atoms with Gasteiger partial charge in [0.25, 0.3) is 0 Å². The van der Waals surface area contributed by atoms with Crippen LogP contribution in [0.2, 0.25) is 0 Å². The quantitative estimate of drug-likeness (QED) is 0.891. The molecule has 1 aromatic rings. The van der Waals surface area contributed by atoms with Crippen LogP contribution >= 0.6 is 0 Å². The van der Waals surface area contributed by atoms with Crippen molar-refractivity contribution in [3.05, 3.63) is 29.8 Å². The highest BCUT2D eigenvalue weighted by atomic mass is 19.4. The van der Waals surface area contributed by atoms with Gasteiger partial charge in [0.1, 0.15) is 5.75 Å². The standard InChI is InChI=1S/C11H14F3NO2/c1-10(15,7-16-2)8-5-3-4-6-9(8)17-11(12,13)14/h3-6H,7,15H2,1-2H3. The van der Waals surface area contributed by atoms with Gasteiger partial charge in [-0.1, -0.05) is 18.2 Å². The molecule has 0 saturated carbocycles. The summed E-state index contributed by atoms with van der Waals surface area (Å²) in [4.78, 5) is 0. The normalized spacial score (nSPS) is 15.4. The van der Waals surface area contributed by atoms with Gasteiger partial charge < -0.3 is 15.2 Å². The maximum absolute atomic E-state index is 12.2. The number of methoxy groups -OCH3 is 1. The van der Waals surface area contributed by atoms with Crippen molar-refractivity contribution in [1.29, 1.82) is 0 Å². The molecule has 0 amide bonds. The number of nitrogens with two attached hydrogens (primary N) is 1. The molecule has 1 atom stereocenters. The van der Waals surface area contributed by atoms with Crippen LogP contribution in [0.1, 0.15) is 12.5 Å². The Labute approximate surface area is 97.3 Å². The van der Waals surface area contributed by atoms with Gasteiger partial charge >= 0.3 is 6.36 Å². The number of hydrogen-bond donors (Lipinski definition) is 1. The summed E-state index contributed by atoms with van der Waals surface area (Å²) in [6.45, 7) is 1.67. The van der Waals surface area contributed by atoms with Crippen molar-refractivity contribution in [3.8, 4) is 5.75 Å². The second-order valence-electron chi connectivity index (χ2n) is 3.89. The van der Waals surface area contributed by atoms with E-state index in [0.29, 0.717) is 0 Å². The van der Waals surface area contributed by atoms with Crippen molar-refractivity contribution in [1.82, 2.24) is 0 Å². The lowest BCUT2D eigenvalue weighted by atomic mass is 9.93. The van der Waals surface area contributed by atoms with Crippen molar-refractivity contribution in [2.45, 2.75) is 18.8 Å². The van der Waals surface area contributed by atoms with Crippen LogP contribution in [0, 0.1) is 0 Å². The molecule has 96 valence electrons. The van der Waals surface area contributed by atoms with Crippen molar-refractivity contribution in [2.24, 2.45) is 5.73 Å². The first-order valence-corrected chi connectivity index (χ1v) is 4.89. The van der Waals surface area contributed by atoms with E-state index in [4.69, 9.17) is 10.5 Å². The van der Waals surface area contributed by atoms with E-state index in [0.717, 1.165) is 0 Å². The molecule has 17 heavy (non-hydrogen) atoms. The third-order valence-corrected chi connectivity index (χ3v) is 2.17. The van der Waals surface area contributed by atoms with Gasteiger partial charge in [0.2, 0.25) is 0 Å². The predicted molar refractivity (Wildman–Crippen MR) is 56.5 cm³/mol. The minimum atomic E-state index is -4.74. The third kappa shape index (κ3) is 3.90. The van der Waals surface area contributed by atoms with Crippen molar-refractivity contribution in [3.63, 3.8) is 0 Å². The van der Waals surface area contributed by atoms with E-state index in [1.54, 1.807) is 13.0 Å². The van der Waals surface area contributed by atoms with Gasteiger partial charge in [-0.3, -0.25) is 0 Å². The Balaban J connectivity index is 3.07. The van der Waals surface area contributed by atoms with Gasteiger partial charge in [-0.25, -0.2) is 0 Å². The molecule has 0 heterocycles. The van der Waals surface area contributed by atoms with E-state index in [-0.39, 0.29) is 17.9 Å². The summed E-state index contributed by atoms with van der Waals surface area (Å²) in [6.07, 6.45) is -4.74. The average molecular weight is 249 g/mol. The lowest BCUT2D eigenvalue weighted by Gasteiger charge is -2.26. The molecule has 0 bridgehead atoms. The molecule has 6 heteroatoms. The van der Waals surface area contributed by atoms with Gasteiger partial charge in [0.05, 0.1) is 12.1 Å². The molecule has 0 aromatic heterocycles. The van der Waals surface area contributed by atoms with Crippen molar-refractivity contribution < 1.29 is 22.6 Å². The lowest BCUT2D eigenvalue weighted by Crippen LogP contribution is -2.38. The summed E-state index contributed by atoms with van der Waals surface area (Å²) in [5.41, 5.74) is 5.10. The Morgan fingerprint density at radius 2 is 1.82 bits per heavy atom. The number of halogens is 3. The molecular formula is C11H14F3NO2. The maximum atomic E-state index is 12.2. The summed E-state index contributed by atoms with van der Waals surface area (Å²) >= 11 is 0. The molecule has 0 fully saturated rings. The smallest absolute Gasteiger partial charge is 0.405 e. The highest BCUT2D eigenvalue weighted by Gasteiger charge is 2.34. The molecule has 1 aromatic carbocycles. The zero-order valence-corrected chi connectivity index (χ0v) is 9.54. The maximum Gasteiger partial charge on any atom is 0.573 e. The molecule has 0 saturated heterocycles. The Morgan fingerprint density at radius 3 is 2.35 bits per heavy atom. The topological polar surface area (TPSA) is 44.5 Å². The van der Waals surface area contributed by atoms with Gasteiger partial charge in [-0.15, -0.1) is 13.2 Å². The number of rotatable bonds is 4. The van der Waals surface area contributed by atoms with Crippen LogP contribution in [-0.4, -0.2) is 20.1 Å². The molecule has 1 unspecified atom stereocenters. The van der Waals surface area contributed by atoms with Crippen LogP contribution < -0.4 is 10.5 Å². The van der Waals surface area contributed by atoms with E-state index >= 15 is 0 Å². The monoisotopic (exact) mass is 249 g/mol. The minimum absolute atomic E-state index is 0.0885. The first kappa shape index (κ1) is 13.8. The Kier molecular flexibility index (Phi) is 4.00. The fourth-order valence-corrected chi connectivity index (χ4v) is 1.53. The largest absolute Gasteiger partial charge is 0.573 e. The van der Waals surface area contributed by atoms with E-state index in [2.05, 4.69) is 4.74 Å². The van der Waals surface area contributed by atoms with Crippen molar-refractivity contribution >= 4 is 0 Å². The fourth-order valence-electron chi connectivity index (χ4n) is 1.53.